The van der Waals surface area contributed by atoms with E-state index in [0.29, 0.717) is 41.8 Å². The van der Waals surface area contributed by atoms with Crippen LogP contribution in [0.2, 0.25) is 0 Å². The Labute approximate surface area is 254 Å². The molecule has 0 atom stereocenters. The van der Waals surface area contributed by atoms with Gasteiger partial charge in [-0.1, -0.05) is 29.8 Å². The largest absolute Gasteiger partial charge is 0.566 e. The third-order valence-corrected chi connectivity index (χ3v) is 6.84. The minimum absolute atomic E-state index is 0.0240. The van der Waals surface area contributed by atoms with Gasteiger partial charge in [-0.25, -0.2) is 0 Å². The van der Waals surface area contributed by atoms with E-state index in [0.717, 1.165) is 26.6 Å². The van der Waals surface area contributed by atoms with Crippen LogP contribution in [-0.2, 0) is 10.2 Å². The highest BCUT2D eigenvalue weighted by Gasteiger charge is 2.72. The highest BCUT2D eigenvalue weighted by atomic mass is 19.4. The highest BCUT2D eigenvalue weighted by Crippen LogP contribution is 2.57. The molecule has 0 saturated carbocycles. The molecule has 14 heteroatoms. The normalized spacial score (nSPS) is 11.9. The number of carbonyl (C=O) groups is 2. The molecule has 0 saturated heterocycles. The Kier molecular flexibility index (Phi) is 9.08. The lowest BCUT2D eigenvalue weighted by atomic mass is 9.72. The molecule has 0 aliphatic carbocycles. The monoisotopic (exact) mass is 630 g/mol. The van der Waals surface area contributed by atoms with Crippen molar-refractivity contribution in [3.05, 3.63) is 107 Å². The first kappa shape index (κ1) is 32.8. The lowest BCUT2D eigenvalue weighted by Crippen LogP contribution is -2.54. The van der Waals surface area contributed by atoms with Crippen molar-refractivity contribution < 1.29 is 50.4 Å². The molecule has 0 spiro atoms. The second-order valence-electron chi connectivity index (χ2n) is 9.97. The molecule has 0 aliphatic rings. The third kappa shape index (κ3) is 6.69. The molecule has 234 valence electrons. The summed E-state index contributed by atoms with van der Waals surface area (Å²) in [6.07, 6.45) is -12.0. The number of ether oxygens (including phenoxy) is 1. The Morgan fingerprint density at radius 1 is 0.733 bits per heavy atom. The molecule has 4 aromatic carbocycles. The molecule has 0 fully saturated rings. The molecule has 3 N–H and O–H groups in total. The van der Waals surface area contributed by atoms with Gasteiger partial charge in [0.2, 0.25) is 11.3 Å². The van der Waals surface area contributed by atoms with E-state index < -0.39 is 57.8 Å². The molecular weight excluding hydrogens is 605 g/mol. The molecule has 0 aromatic heterocycles. The molecule has 45 heavy (non-hydrogen) atoms. The number of aromatic hydroxyl groups is 1. The SMILES string of the molecule is BOc1ccc(C(c2ccc(O)c(NC(=O)c3ccc(Oc4ccc(C)cc4)cc3)c2)(C(F)(F)F)C(F)(F)F)cc1NC(C)=O. The van der Waals surface area contributed by atoms with Gasteiger partial charge in [-0.2, -0.15) is 26.3 Å². The summed E-state index contributed by atoms with van der Waals surface area (Å²) in [7, 11) is 1.13. The highest BCUT2D eigenvalue weighted by molar-refractivity contribution is 6.05. The lowest BCUT2D eigenvalue weighted by molar-refractivity contribution is -0.288. The van der Waals surface area contributed by atoms with Crippen LogP contribution in [-0.4, -0.2) is 37.3 Å². The molecule has 0 heterocycles. The zero-order valence-corrected chi connectivity index (χ0v) is 23.9. The van der Waals surface area contributed by atoms with E-state index in [-0.39, 0.29) is 11.3 Å². The predicted molar refractivity (Wildman–Crippen MR) is 157 cm³/mol. The van der Waals surface area contributed by atoms with Gasteiger partial charge < -0.3 is 25.1 Å². The zero-order valence-electron chi connectivity index (χ0n) is 23.9. The van der Waals surface area contributed by atoms with E-state index in [9.17, 15) is 41.0 Å². The van der Waals surface area contributed by atoms with Crippen LogP contribution < -0.4 is 20.0 Å². The van der Waals surface area contributed by atoms with E-state index in [4.69, 9.17) is 9.39 Å². The lowest BCUT2D eigenvalue weighted by Gasteiger charge is -2.38. The first-order chi connectivity index (χ1) is 21.1. The maximum Gasteiger partial charge on any atom is 0.411 e. The summed E-state index contributed by atoms with van der Waals surface area (Å²) >= 11 is 0. The van der Waals surface area contributed by atoms with E-state index in [1.807, 2.05) is 19.1 Å². The van der Waals surface area contributed by atoms with Crippen molar-refractivity contribution in [2.75, 3.05) is 10.6 Å². The number of halogens is 6. The molecule has 0 bridgehead atoms. The van der Waals surface area contributed by atoms with Crippen LogP contribution in [0.5, 0.6) is 23.0 Å². The molecule has 4 rings (SSSR count). The van der Waals surface area contributed by atoms with Crippen molar-refractivity contribution in [3.63, 3.8) is 0 Å². The molecule has 0 radical (unpaired) electrons. The average molecular weight is 630 g/mol. The van der Waals surface area contributed by atoms with E-state index in [2.05, 4.69) is 10.6 Å². The van der Waals surface area contributed by atoms with Gasteiger partial charge in [0, 0.05) is 12.5 Å². The second-order valence-corrected chi connectivity index (χ2v) is 9.97. The van der Waals surface area contributed by atoms with Gasteiger partial charge in [0.05, 0.1) is 11.4 Å². The number of amides is 2. The number of hydrogen-bond acceptors (Lipinski definition) is 5. The van der Waals surface area contributed by atoms with E-state index in [1.165, 1.54) is 24.3 Å². The molecule has 7 nitrogen and oxygen atoms in total. The summed E-state index contributed by atoms with van der Waals surface area (Å²) in [6, 6.07) is 16.1. The minimum atomic E-state index is -5.99. The van der Waals surface area contributed by atoms with Gasteiger partial charge >= 0.3 is 20.4 Å². The average Bonchev–Trinajstić information content (AvgIpc) is 2.95. The van der Waals surface area contributed by atoms with E-state index >= 15 is 0 Å². The first-order valence-corrected chi connectivity index (χ1v) is 13.2. The fraction of sp³-hybridized carbons (Fsp3) is 0.161. The number of anilines is 2. The maximum absolute atomic E-state index is 14.8. The summed E-state index contributed by atoms with van der Waals surface area (Å²) in [5.74, 6) is -1.76. The number of phenolic OH excluding ortho intramolecular Hbond substituents is 1. The number of alkyl halides is 6. The van der Waals surface area contributed by atoms with Gasteiger partial charge in [-0.3, -0.25) is 9.59 Å². The molecule has 2 amide bonds. The number of phenols is 1. The maximum atomic E-state index is 14.8. The Morgan fingerprint density at radius 2 is 1.24 bits per heavy atom. The first-order valence-electron chi connectivity index (χ1n) is 13.2. The fourth-order valence-corrected chi connectivity index (χ4v) is 4.69. The van der Waals surface area contributed by atoms with Gasteiger partial charge in [0.15, 0.2) is 0 Å². The molecule has 0 unspecified atom stereocenters. The Morgan fingerprint density at radius 3 is 1.76 bits per heavy atom. The molecule has 0 aliphatic heterocycles. The fourth-order valence-electron chi connectivity index (χ4n) is 4.69. The third-order valence-electron chi connectivity index (χ3n) is 6.84. The number of hydrogen-bond donors (Lipinski definition) is 3. The summed E-state index contributed by atoms with van der Waals surface area (Å²) in [5.41, 5.74) is -7.43. The van der Waals surface area contributed by atoms with Gasteiger partial charge in [-0.05, 0) is 78.7 Å². The summed E-state index contributed by atoms with van der Waals surface area (Å²) in [6.45, 7) is 2.92. The predicted octanol–water partition coefficient (Wildman–Crippen LogP) is 7.04. The van der Waals surface area contributed by atoms with Crippen molar-refractivity contribution in [1.82, 2.24) is 0 Å². The Balaban J connectivity index is 1.74. The van der Waals surface area contributed by atoms with Crippen LogP contribution in [0.3, 0.4) is 0 Å². The summed E-state index contributed by atoms with van der Waals surface area (Å²) < 4.78 is 99.4. The van der Waals surface area contributed by atoms with Crippen LogP contribution in [0.15, 0.2) is 84.9 Å². The van der Waals surface area contributed by atoms with Gasteiger partial charge in [0.25, 0.3) is 5.91 Å². The summed E-state index contributed by atoms with van der Waals surface area (Å²) in [4.78, 5) is 24.6. The topological polar surface area (TPSA) is 96.9 Å². The van der Waals surface area contributed by atoms with Crippen molar-refractivity contribution >= 4 is 31.2 Å². The van der Waals surface area contributed by atoms with Crippen LogP contribution in [0, 0.1) is 6.92 Å². The number of rotatable bonds is 8. The number of benzene rings is 4. The Bertz CT molecular complexity index is 1690. The van der Waals surface area contributed by atoms with Gasteiger partial charge in [0.1, 0.15) is 23.0 Å². The smallest absolute Gasteiger partial charge is 0.411 e. The van der Waals surface area contributed by atoms with Crippen LogP contribution in [0.4, 0.5) is 37.7 Å². The standard InChI is InChI=1S/C31H25BF6N2O5/c1-17-3-9-22(10-4-17)44-23-11-5-19(6-12-23)28(43)40-24-15-20(7-13-26(24)42)29(30(33,34)35,31(36,37)38)21-8-14-27(45-32)25(16-21)39-18(2)41/h3-16,42H,32H2,1-2H3,(H,39,41)(H,40,43). The van der Waals surface area contributed by atoms with Crippen LogP contribution >= 0.6 is 0 Å². The van der Waals surface area contributed by atoms with Crippen molar-refractivity contribution in [2.45, 2.75) is 31.6 Å². The Hall–Kier alpha value is -5.14. The molecular formula is C31H25BF6N2O5. The quantitative estimate of drug-likeness (QED) is 0.110. The van der Waals surface area contributed by atoms with Crippen molar-refractivity contribution in [2.24, 2.45) is 0 Å². The van der Waals surface area contributed by atoms with Crippen LogP contribution in [0.25, 0.3) is 0 Å². The number of nitrogens with one attached hydrogen (secondary N) is 2. The zero-order chi connectivity index (χ0) is 33.2. The number of aryl methyl sites for hydroxylation is 1. The molecule has 4 aromatic rings. The minimum Gasteiger partial charge on any atom is -0.566 e. The second kappa shape index (κ2) is 12.5. The van der Waals surface area contributed by atoms with Crippen molar-refractivity contribution in [3.8, 4) is 23.0 Å². The number of carbonyl (C=O) groups excluding carboxylic acids is 2. The van der Waals surface area contributed by atoms with Crippen LogP contribution in [0.1, 0.15) is 34.0 Å². The van der Waals surface area contributed by atoms with E-state index in [1.54, 1.807) is 12.1 Å². The van der Waals surface area contributed by atoms with Gasteiger partial charge in [-0.15, -0.1) is 0 Å². The van der Waals surface area contributed by atoms with Crippen molar-refractivity contribution in [1.29, 1.82) is 0 Å². The summed E-state index contributed by atoms with van der Waals surface area (Å²) in [5, 5.41) is 14.7.